The van der Waals surface area contributed by atoms with Crippen LogP contribution in [0.1, 0.15) is 6.92 Å². The first-order valence-corrected chi connectivity index (χ1v) is 7.47. The normalized spacial score (nSPS) is 12.5. The van der Waals surface area contributed by atoms with Gasteiger partial charge in [0, 0.05) is 4.47 Å². The van der Waals surface area contributed by atoms with Crippen LogP contribution in [0, 0.1) is 11.3 Å². The molecule has 0 saturated carbocycles. The Kier molecular flexibility index (Phi) is 5.47. The average Bonchev–Trinajstić information content (AvgIpc) is 2.36. The van der Waals surface area contributed by atoms with Gasteiger partial charge in [-0.1, -0.05) is 22.0 Å². The van der Waals surface area contributed by atoms with E-state index in [4.69, 9.17) is 5.26 Å². The highest BCUT2D eigenvalue weighted by Crippen LogP contribution is 2.15. The lowest BCUT2D eigenvalue weighted by molar-refractivity contribution is -0.144. The summed E-state index contributed by atoms with van der Waals surface area (Å²) in [5.74, 6) is -0.812. The zero-order chi connectivity index (χ0) is 14.5. The molecule has 0 fully saturated rings. The summed E-state index contributed by atoms with van der Waals surface area (Å²) in [7, 11) is -3.78. The predicted octanol–water partition coefficient (Wildman–Crippen LogP) is 1.18. The lowest BCUT2D eigenvalue weighted by Gasteiger charge is -2.08. The van der Waals surface area contributed by atoms with E-state index in [9.17, 15) is 13.2 Å². The zero-order valence-electron chi connectivity index (χ0n) is 9.96. The van der Waals surface area contributed by atoms with Crippen molar-refractivity contribution >= 4 is 31.9 Å². The monoisotopic (exact) mass is 346 g/mol. The number of sulfonamides is 1. The number of hydrogen-bond acceptors (Lipinski definition) is 5. The van der Waals surface area contributed by atoms with Gasteiger partial charge in [-0.25, -0.2) is 8.42 Å². The third kappa shape index (κ3) is 4.98. The second-order valence-electron chi connectivity index (χ2n) is 3.54. The van der Waals surface area contributed by atoms with Crippen molar-refractivity contribution in [3.63, 3.8) is 0 Å². The first kappa shape index (κ1) is 15.6. The molecule has 0 aromatic heterocycles. The minimum Gasteiger partial charge on any atom is -0.446 e. The van der Waals surface area contributed by atoms with Gasteiger partial charge in [0.15, 0.2) is 6.10 Å². The molecule has 0 amide bonds. The van der Waals surface area contributed by atoms with Gasteiger partial charge in [-0.05, 0) is 25.1 Å². The van der Waals surface area contributed by atoms with Crippen molar-refractivity contribution in [3.05, 3.63) is 28.7 Å². The Labute approximate surface area is 119 Å². The van der Waals surface area contributed by atoms with Crippen LogP contribution in [0.5, 0.6) is 0 Å². The molecule has 0 heterocycles. The molecule has 1 atom stereocenters. The van der Waals surface area contributed by atoms with Crippen LogP contribution >= 0.6 is 15.9 Å². The Hall–Kier alpha value is -1.43. The number of halogens is 1. The number of nitrogens with zero attached hydrogens (tertiary/aromatic N) is 1. The molecular weight excluding hydrogens is 336 g/mol. The topological polar surface area (TPSA) is 96.3 Å². The number of ether oxygens (including phenoxy) is 1. The molecule has 0 radical (unpaired) electrons. The van der Waals surface area contributed by atoms with E-state index >= 15 is 0 Å². The minimum atomic E-state index is -3.78. The summed E-state index contributed by atoms with van der Waals surface area (Å²) in [4.78, 5) is 11.3. The molecular formula is C11H11BrN2O4S. The maximum atomic E-state index is 11.8. The van der Waals surface area contributed by atoms with Gasteiger partial charge in [-0.2, -0.15) is 9.98 Å². The van der Waals surface area contributed by atoms with E-state index in [1.807, 2.05) is 0 Å². The molecule has 0 unspecified atom stereocenters. The van der Waals surface area contributed by atoms with E-state index in [1.54, 1.807) is 18.2 Å². The number of benzene rings is 1. The van der Waals surface area contributed by atoms with Crippen LogP contribution < -0.4 is 4.72 Å². The maximum absolute atomic E-state index is 11.8. The molecule has 0 aliphatic rings. The van der Waals surface area contributed by atoms with Gasteiger partial charge in [-0.15, -0.1) is 0 Å². The average molecular weight is 347 g/mol. The molecule has 1 aromatic rings. The second-order valence-corrected chi connectivity index (χ2v) is 6.23. The number of carbonyl (C=O) groups excluding carboxylic acids is 1. The highest BCUT2D eigenvalue weighted by molar-refractivity contribution is 9.10. The van der Waals surface area contributed by atoms with E-state index in [-0.39, 0.29) is 4.90 Å². The molecule has 1 N–H and O–H groups in total. The molecule has 6 nitrogen and oxygen atoms in total. The summed E-state index contributed by atoms with van der Waals surface area (Å²) in [6.45, 7) is 0.863. The highest BCUT2D eigenvalue weighted by Gasteiger charge is 2.17. The Balaban J connectivity index is 2.67. The van der Waals surface area contributed by atoms with Gasteiger partial charge in [0.2, 0.25) is 10.0 Å². The van der Waals surface area contributed by atoms with Gasteiger partial charge in [-0.3, -0.25) is 4.79 Å². The predicted molar refractivity (Wildman–Crippen MR) is 70.5 cm³/mol. The van der Waals surface area contributed by atoms with Crippen molar-refractivity contribution in [3.8, 4) is 6.07 Å². The molecule has 8 heteroatoms. The van der Waals surface area contributed by atoms with Gasteiger partial charge < -0.3 is 4.74 Å². The van der Waals surface area contributed by atoms with Gasteiger partial charge in [0.25, 0.3) is 0 Å². The van der Waals surface area contributed by atoms with Crippen LogP contribution in [0.3, 0.4) is 0 Å². The smallest absolute Gasteiger partial charge is 0.322 e. The Morgan fingerprint density at radius 3 is 2.84 bits per heavy atom. The fraction of sp³-hybridized carbons (Fsp3) is 0.273. The Morgan fingerprint density at radius 1 is 1.58 bits per heavy atom. The fourth-order valence-electron chi connectivity index (χ4n) is 1.14. The quantitative estimate of drug-likeness (QED) is 0.807. The Bertz CT molecular complexity index is 609. The van der Waals surface area contributed by atoms with E-state index in [0.29, 0.717) is 4.47 Å². The first-order chi connectivity index (χ1) is 8.85. The first-order valence-electron chi connectivity index (χ1n) is 5.19. The number of hydrogen-bond donors (Lipinski definition) is 1. The summed E-state index contributed by atoms with van der Waals surface area (Å²) in [6.07, 6.45) is -0.914. The molecule has 0 spiro atoms. The maximum Gasteiger partial charge on any atom is 0.322 e. The molecule has 102 valence electrons. The van der Waals surface area contributed by atoms with Crippen molar-refractivity contribution in [2.45, 2.75) is 17.9 Å². The molecule has 0 bridgehead atoms. The number of nitriles is 1. The third-order valence-corrected chi connectivity index (χ3v) is 3.90. The van der Waals surface area contributed by atoms with Crippen LogP contribution in [0.15, 0.2) is 33.6 Å². The van der Waals surface area contributed by atoms with Gasteiger partial charge in [0.05, 0.1) is 4.90 Å². The second kappa shape index (κ2) is 6.65. The third-order valence-electron chi connectivity index (χ3n) is 2.00. The Morgan fingerprint density at radius 2 is 2.26 bits per heavy atom. The van der Waals surface area contributed by atoms with Gasteiger partial charge >= 0.3 is 5.97 Å². The van der Waals surface area contributed by atoms with Crippen LogP contribution in [0.25, 0.3) is 0 Å². The standard InChI is InChI=1S/C11H11BrN2O4S/c1-8(6-13)18-11(15)7-14-19(16,17)10-4-2-3-9(12)5-10/h2-5,8,14H,7H2,1H3/t8-/m1/s1. The zero-order valence-corrected chi connectivity index (χ0v) is 12.4. The summed E-state index contributed by atoms with van der Waals surface area (Å²) >= 11 is 3.16. The van der Waals surface area contributed by atoms with Crippen molar-refractivity contribution < 1.29 is 17.9 Å². The fourth-order valence-corrected chi connectivity index (χ4v) is 2.70. The molecule has 1 aromatic carbocycles. The number of nitrogens with one attached hydrogen (secondary N) is 1. The van der Waals surface area contributed by atoms with Crippen molar-refractivity contribution in [1.29, 1.82) is 5.26 Å². The number of esters is 1. The van der Waals surface area contributed by atoms with Crippen LogP contribution in [0.4, 0.5) is 0 Å². The van der Waals surface area contributed by atoms with E-state index in [1.165, 1.54) is 19.1 Å². The molecule has 0 aliphatic carbocycles. The molecule has 1 rings (SSSR count). The van der Waals surface area contributed by atoms with Crippen molar-refractivity contribution in [2.24, 2.45) is 0 Å². The van der Waals surface area contributed by atoms with Gasteiger partial charge in [0.1, 0.15) is 12.6 Å². The van der Waals surface area contributed by atoms with Crippen molar-refractivity contribution in [1.82, 2.24) is 4.72 Å². The summed E-state index contributed by atoms with van der Waals surface area (Å²) in [5.41, 5.74) is 0. The van der Waals surface area contributed by atoms with E-state index in [2.05, 4.69) is 25.4 Å². The summed E-state index contributed by atoms with van der Waals surface area (Å²) in [5, 5.41) is 8.45. The van der Waals surface area contributed by atoms with E-state index in [0.717, 1.165) is 0 Å². The number of carbonyl (C=O) groups is 1. The lowest BCUT2D eigenvalue weighted by atomic mass is 10.4. The molecule has 0 aliphatic heterocycles. The van der Waals surface area contributed by atoms with Crippen molar-refractivity contribution in [2.75, 3.05) is 6.54 Å². The summed E-state index contributed by atoms with van der Waals surface area (Å²) < 4.78 is 31.0. The largest absolute Gasteiger partial charge is 0.446 e. The molecule has 19 heavy (non-hydrogen) atoms. The highest BCUT2D eigenvalue weighted by atomic mass is 79.9. The minimum absolute atomic E-state index is 0.0306. The van der Waals surface area contributed by atoms with E-state index < -0.39 is 28.6 Å². The summed E-state index contributed by atoms with van der Waals surface area (Å²) in [6, 6.07) is 7.76. The van der Waals surface area contributed by atoms with Crippen LogP contribution in [-0.4, -0.2) is 27.0 Å². The lowest BCUT2D eigenvalue weighted by Crippen LogP contribution is -2.32. The van der Waals surface area contributed by atoms with Crippen LogP contribution in [-0.2, 0) is 19.6 Å². The molecule has 0 saturated heterocycles. The SMILES string of the molecule is C[C@H](C#N)OC(=O)CNS(=O)(=O)c1cccc(Br)c1. The number of rotatable bonds is 5. The van der Waals surface area contributed by atoms with Crippen LogP contribution in [0.2, 0.25) is 0 Å².